The molecule has 0 unspecified atom stereocenters. The molecule has 2 aromatic carbocycles. The van der Waals surface area contributed by atoms with Crippen LogP contribution >= 0.6 is 0 Å². The number of hydrogen-bond acceptors (Lipinski definition) is 7. The van der Waals surface area contributed by atoms with E-state index < -0.39 is 0 Å². The number of aliphatic imine (C=N–C) groups is 1. The van der Waals surface area contributed by atoms with Crippen molar-refractivity contribution < 1.29 is 24.1 Å². The smallest absolute Gasteiger partial charge is 0.272 e. The van der Waals surface area contributed by atoms with Gasteiger partial charge >= 0.3 is 0 Å². The van der Waals surface area contributed by atoms with Crippen LogP contribution in [-0.2, 0) is 12.0 Å². The van der Waals surface area contributed by atoms with Crippen LogP contribution in [0, 0.1) is 0 Å². The Morgan fingerprint density at radius 2 is 1.75 bits per heavy atom. The Labute approximate surface area is 210 Å². The van der Waals surface area contributed by atoms with Crippen LogP contribution < -0.4 is 19.5 Å². The van der Waals surface area contributed by atoms with Crippen molar-refractivity contribution in [1.82, 2.24) is 15.1 Å². The second-order valence-electron chi connectivity index (χ2n) is 9.47. The predicted octanol–water partition coefficient (Wildman–Crippen LogP) is 3.73. The molecule has 1 aliphatic heterocycles. The van der Waals surface area contributed by atoms with Gasteiger partial charge in [0.05, 0.1) is 52.4 Å². The van der Waals surface area contributed by atoms with Crippen molar-refractivity contribution in [2.75, 3.05) is 34.5 Å². The molecule has 1 aromatic heterocycles. The van der Waals surface area contributed by atoms with Crippen molar-refractivity contribution in [3.8, 4) is 28.4 Å². The van der Waals surface area contributed by atoms with Crippen LogP contribution in [-0.4, -0.2) is 61.0 Å². The monoisotopic (exact) mass is 492 g/mol. The van der Waals surface area contributed by atoms with Crippen LogP contribution in [0.15, 0.2) is 41.4 Å². The molecule has 4 rings (SSSR count). The van der Waals surface area contributed by atoms with Crippen molar-refractivity contribution in [2.24, 2.45) is 4.99 Å². The summed E-state index contributed by atoms with van der Waals surface area (Å²) in [7, 11) is 4.84. The largest absolute Gasteiger partial charge is 0.497 e. The lowest BCUT2D eigenvalue weighted by atomic mass is 9.91. The molecule has 0 fully saturated rings. The number of nitrogens with zero attached hydrogens (tertiary/aromatic N) is 3. The summed E-state index contributed by atoms with van der Waals surface area (Å²) in [6, 6.07) is 11.4. The first kappa shape index (κ1) is 25.2. The number of aliphatic hydroxyl groups excluding tert-OH is 1. The highest BCUT2D eigenvalue weighted by Gasteiger charge is 2.32. The normalized spacial score (nSPS) is 13.4. The maximum Gasteiger partial charge on any atom is 0.272 e. The number of benzene rings is 2. The standard InChI is InChI=1S/C27H32N4O5/c1-27(2,3)25-23-24(31(30-25)11-12-32)26(33)28-15-20(29-23)16-7-10-21(35-5)19(13-16)18-9-8-17(34-4)14-22(18)36-6/h7-10,13-14,32H,11-12,15H2,1-6H3,(H,28,33). The van der Waals surface area contributed by atoms with Crippen LogP contribution in [0.4, 0.5) is 5.69 Å². The number of rotatable bonds is 7. The molecule has 1 aliphatic rings. The van der Waals surface area contributed by atoms with E-state index in [2.05, 4.69) is 10.4 Å². The van der Waals surface area contributed by atoms with Gasteiger partial charge in [0.15, 0.2) is 5.69 Å². The average Bonchev–Trinajstić information content (AvgIpc) is 3.14. The number of carbonyl (C=O) groups excluding carboxylic acids is 1. The van der Waals surface area contributed by atoms with Gasteiger partial charge < -0.3 is 24.6 Å². The summed E-state index contributed by atoms with van der Waals surface area (Å²) < 4.78 is 18.2. The molecule has 2 N–H and O–H groups in total. The Morgan fingerprint density at radius 3 is 2.39 bits per heavy atom. The lowest BCUT2D eigenvalue weighted by molar-refractivity contribution is 0.0948. The summed E-state index contributed by atoms with van der Waals surface area (Å²) in [4.78, 5) is 18.0. The van der Waals surface area contributed by atoms with Crippen LogP contribution in [0.1, 0.15) is 42.5 Å². The summed E-state index contributed by atoms with van der Waals surface area (Å²) in [6.07, 6.45) is 0. The molecule has 0 saturated carbocycles. The molecule has 0 atom stereocenters. The molecule has 2 heterocycles. The number of aromatic nitrogens is 2. The van der Waals surface area contributed by atoms with Gasteiger partial charge in [-0.1, -0.05) is 20.8 Å². The van der Waals surface area contributed by atoms with E-state index in [0.717, 1.165) is 16.7 Å². The highest BCUT2D eigenvalue weighted by Crippen LogP contribution is 2.40. The number of ether oxygens (including phenoxy) is 3. The third-order valence-corrected chi connectivity index (χ3v) is 6.06. The predicted molar refractivity (Wildman–Crippen MR) is 138 cm³/mol. The fourth-order valence-corrected chi connectivity index (χ4v) is 4.25. The van der Waals surface area contributed by atoms with E-state index in [1.54, 1.807) is 26.0 Å². The zero-order valence-corrected chi connectivity index (χ0v) is 21.5. The quantitative estimate of drug-likeness (QED) is 0.521. The fourth-order valence-electron chi connectivity index (χ4n) is 4.25. The minimum atomic E-state index is -0.356. The number of methoxy groups -OCH3 is 3. The van der Waals surface area contributed by atoms with Gasteiger partial charge in [0.2, 0.25) is 0 Å². The third kappa shape index (κ3) is 4.66. The Bertz CT molecular complexity index is 1320. The number of nitrogens with one attached hydrogen (secondary N) is 1. The van der Waals surface area contributed by atoms with Gasteiger partial charge in [-0.05, 0) is 35.9 Å². The molecule has 0 bridgehead atoms. The van der Waals surface area contributed by atoms with Crippen LogP contribution in [0.3, 0.4) is 0 Å². The van der Waals surface area contributed by atoms with Gasteiger partial charge in [-0.2, -0.15) is 5.10 Å². The SMILES string of the molecule is COc1ccc(-c2cc(C3=Nc4c(C(C)(C)C)nn(CCO)c4C(=O)NC3)ccc2OC)c(OC)c1. The number of amides is 1. The van der Waals surface area contributed by atoms with E-state index in [1.807, 2.05) is 57.2 Å². The first-order valence-electron chi connectivity index (χ1n) is 11.7. The molecule has 0 spiro atoms. The minimum Gasteiger partial charge on any atom is -0.497 e. The maximum absolute atomic E-state index is 13.1. The molecule has 0 radical (unpaired) electrons. The van der Waals surface area contributed by atoms with Gasteiger partial charge in [-0.3, -0.25) is 9.48 Å². The number of carbonyl (C=O) groups is 1. The van der Waals surface area contributed by atoms with E-state index in [9.17, 15) is 9.90 Å². The number of fused-ring (bicyclic) bond motifs is 1. The zero-order valence-electron chi connectivity index (χ0n) is 21.5. The van der Waals surface area contributed by atoms with Gasteiger partial charge in [0.1, 0.15) is 22.9 Å². The van der Waals surface area contributed by atoms with Crippen LogP contribution in [0.25, 0.3) is 11.1 Å². The highest BCUT2D eigenvalue weighted by molar-refractivity contribution is 6.11. The minimum absolute atomic E-state index is 0.132. The number of aliphatic hydroxyl groups is 1. The molecule has 3 aromatic rings. The molecule has 1 amide bonds. The van der Waals surface area contributed by atoms with Gasteiger partial charge in [0.25, 0.3) is 5.91 Å². The van der Waals surface area contributed by atoms with Crippen molar-refractivity contribution in [2.45, 2.75) is 32.7 Å². The maximum atomic E-state index is 13.1. The summed E-state index contributed by atoms with van der Waals surface area (Å²) in [5.41, 5.74) is 4.40. The summed E-state index contributed by atoms with van der Waals surface area (Å²) >= 11 is 0. The van der Waals surface area contributed by atoms with Crippen molar-refractivity contribution in [3.63, 3.8) is 0 Å². The third-order valence-electron chi connectivity index (χ3n) is 6.06. The molecule has 9 nitrogen and oxygen atoms in total. The van der Waals surface area contributed by atoms with E-state index in [4.69, 9.17) is 19.2 Å². The van der Waals surface area contributed by atoms with Gasteiger partial charge in [0, 0.05) is 22.6 Å². The molecule has 9 heteroatoms. The molecule has 36 heavy (non-hydrogen) atoms. The van der Waals surface area contributed by atoms with Gasteiger partial charge in [-0.15, -0.1) is 0 Å². The Hall–Kier alpha value is -3.85. The van der Waals surface area contributed by atoms with Gasteiger partial charge in [-0.25, -0.2) is 4.99 Å². The highest BCUT2D eigenvalue weighted by atomic mass is 16.5. The first-order valence-corrected chi connectivity index (χ1v) is 11.7. The van der Waals surface area contributed by atoms with Crippen molar-refractivity contribution in [1.29, 1.82) is 0 Å². The van der Waals surface area contributed by atoms with Crippen LogP contribution in [0.2, 0.25) is 0 Å². The molecule has 0 saturated heterocycles. The zero-order chi connectivity index (χ0) is 26.0. The summed E-state index contributed by atoms with van der Waals surface area (Å²) in [5, 5.41) is 17.1. The van der Waals surface area contributed by atoms with E-state index in [-0.39, 0.29) is 31.0 Å². The molecular formula is C27H32N4O5. The first-order chi connectivity index (χ1) is 17.2. The number of hydrogen-bond donors (Lipinski definition) is 2. The van der Waals surface area contributed by atoms with Crippen LogP contribution in [0.5, 0.6) is 17.2 Å². The Morgan fingerprint density at radius 1 is 1.00 bits per heavy atom. The van der Waals surface area contributed by atoms with E-state index in [1.165, 1.54) is 0 Å². The molecule has 190 valence electrons. The summed E-state index contributed by atoms with van der Waals surface area (Å²) in [6.45, 7) is 6.39. The Kier molecular flexibility index (Phi) is 7.03. The average molecular weight is 493 g/mol. The van der Waals surface area contributed by atoms with Crippen molar-refractivity contribution >= 4 is 17.3 Å². The fraction of sp³-hybridized carbons (Fsp3) is 0.370. The summed E-state index contributed by atoms with van der Waals surface area (Å²) in [5.74, 6) is 1.73. The Balaban J connectivity index is 1.89. The second-order valence-corrected chi connectivity index (χ2v) is 9.47. The lowest BCUT2D eigenvalue weighted by Crippen LogP contribution is -2.30. The lowest BCUT2D eigenvalue weighted by Gasteiger charge is -2.17. The topological polar surface area (TPSA) is 107 Å². The van der Waals surface area contributed by atoms with E-state index in [0.29, 0.717) is 40.0 Å². The second kappa shape index (κ2) is 10.0. The molecule has 0 aliphatic carbocycles. The van der Waals surface area contributed by atoms with Crippen molar-refractivity contribution in [3.05, 3.63) is 53.3 Å². The molecular weight excluding hydrogens is 460 g/mol. The van der Waals surface area contributed by atoms with E-state index >= 15 is 0 Å².